The Morgan fingerprint density at radius 1 is 1.50 bits per heavy atom. The molecule has 1 rings (SSSR count). The molecule has 1 amide bonds. The minimum atomic E-state index is -1.08. The van der Waals surface area contributed by atoms with Gasteiger partial charge in [0.1, 0.15) is 6.54 Å². The zero-order valence-electron chi connectivity index (χ0n) is 10.3. The topological polar surface area (TPSA) is 70.5 Å². The van der Waals surface area contributed by atoms with Crippen LogP contribution in [0.3, 0.4) is 0 Å². The van der Waals surface area contributed by atoms with Gasteiger partial charge < -0.3 is 10.0 Å². The summed E-state index contributed by atoms with van der Waals surface area (Å²) in [6.07, 6.45) is 5.21. The van der Waals surface area contributed by atoms with Crippen molar-refractivity contribution in [2.75, 3.05) is 13.1 Å². The molecule has 6 heteroatoms. The molecule has 0 aliphatic heterocycles. The zero-order chi connectivity index (χ0) is 13.7. The second-order valence-corrected chi connectivity index (χ2v) is 5.17. The van der Waals surface area contributed by atoms with Crippen molar-refractivity contribution in [1.29, 1.82) is 0 Å². The number of hydrogen-bond acceptors (Lipinski definition) is 4. The molecule has 0 atom stereocenters. The molecule has 1 N–H and O–H groups in total. The molecule has 96 valence electrons. The summed E-state index contributed by atoms with van der Waals surface area (Å²) in [5, 5.41) is 9.59. The third-order valence-electron chi connectivity index (χ3n) is 2.28. The molecule has 0 fully saturated rings. The van der Waals surface area contributed by atoms with Gasteiger partial charge in [-0.25, -0.2) is 4.98 Å². The van der Waals surface area contributed by atoms with Crippen LogP contribution in [0.2, 0.25) is 0 Å². The van der Waals surface area contributed by atoms with E-state index in [-0.39, 0.29) is 25.4 Å². The summed E-state index contributed by atoms with van der Waals surface area (Å²) in [6.45, 7) is 3.36. The van der Waals surface area contributed by atoms with Gasteiger partial charge >= 0.3 is 5.97 Å². The molecule has 0 aliphatic rings. The lowest BCUT2D eigenvalue weighted by Gasteiger charge is -2.17. The van der Waals surface area contributed by atoms with E-state index in [1.807, 2.05) is 13.8 Å². The maximum absolute atomic E-state index is 11.9. The summed E-state index contributed by atoms with van der Waals surface area (Å²) in [4.78, 5) is 28.9. The summed E-state index contributed by atoms with van der Waals surface area (Å²) >= 11 is 1.51. The number of amides is 1. The summed E-state index contributed by atoms with van der Waals surface area (Å²) < 4.78 is 0. The molecule has 0 bridgehead atoms. The summed E-state index contributed by atoms with van der Waals surface area (Å²) in [6, 6.07) is 0. The molecule has 0 radical (unpaired) electrons. The van der Waals surface area contributed by atoms with Gasteiger partial charge in [-0.15, -0.1) is 17.8 Å². The fourth-order valence-electron chi connectivity index (χ4n) is 1.50. The third-order valence-corrected chi connectivity index (χ3v) is 3.21. The first-order chi connectivity index (χ1) is 8.43. The standard InChI is InChI=1S/C12H14N2O3S/c1-4-5-14(7-12(16)17)11(15)6-10-8(2)18-9(3)13-10/h1H,5-7H2,2-3H3,(H,16,17). The average Bonchev–Trinajstić information content (AvgIpc) is 2.56. The zero-order valence-corrected chi connectivity index (χ0v) is 11.1. The Labute approximate surface area is 109 Å². The Morgan fingerprint density at radius 2 is 2.17 bits per heavy atom. The van der Waals surface area contributed by atoms with Gasteiger partial charge in [0.25, 0.3) is 0 Å². The van der Waals surface area contributed by atoms with Crippen molar-refractivity contribution in [3.8, 4) is 12.3 Å². The van der Waals surface area contributed by atoms with Crippen LogP contribution in [-0.4, -0.2) is 40.0 Å². The highest BCUT2D eigenvalue weighted by Crippen LogP contribution is 2.17. The van der Waals surface area contributed by atoms with E-state index in [2.05, 4.69) is 10.9 Å². The van der Waals surface area contributed by atoms with Crippen LogP contribution < -0.4 is 0 Å². The predicted octanol–water partition coefficient (Wildman–Crippen LogP) is 0.849. The van der Waals surface area contributed by atoms with E-state index in [1.54, 1.807) is 0 Å². The highest BCUT2D eigenvalue weighted by Gasteiger charge is 2.18. The predicted molar refractivity (Wildman–Crippen MR) is 68.3 cm³/mol. The Bertz CT molecular complexity index is 502. The van der Waals surface area contributed by atoms with Gasteiger partial charge in [-0.1, -0.05) is 5.92 Å². The number of terminal acetylenes is 1. The van der Waals surface area contributed by atoms with Gasteiger partial charge in [0.2, 0.25) is 5.91 Å². The number of carbonyl (C=O) groups excluding carboxylic acids is 1. The number of carbonyl (C=O) groups is 2. The molecule has 1 aromatic rings. The molecule has 1 aromatic heterocycles. The van der Waals surface area contributed by atoms with Crippen molar-refractivity contribution in [1.82, 2.24) is 9.88 Å². The van der Waals surface area contributed by atoms with Crippen molar-refractivity contribution in [2.45, 2.75) is 20.3 Å². The van der Waals surface area contributed by atoms with Crippen LogP contribution in [0.5, 0.6) is 0 Å². The lowest BCUT2D eigenvalue weighted by Crippen LogP contribution is -2.37. The van der Waals surface area contributed by atoms with Gasteiger partial charge in [0, 0.05) is 4.88 Å². The maximum atomic E-state index is 11.9. The lowest BCUT2D eigenvalue weighted by atomic mass is 10.2. The van der Waals surface area contributed by atoms with E-state index in [0.717, 1.165) is 14.8 Å². The monoisotopic (exact) mass is 266 g/mol. The SMILES string of the molecule is C#CCN(CC(=O)O)C(=O)Cc1nc(C)sc1C. The highest BCUT2D eigenvalue weighted by atomic mass is 32.1. The van der Waals surface area contributed by atoms with E-state index in [1.165, 1.54) is 11.3 Å². The number of carboxylic acid groups (broad SMARTS) is 1. The molecule has 0 saturated carbocycles. The normalized spacial score (nSPS) is 9.83. The molecule has 0 aromatic carbocycles. The Balaban J connectivity index is 2.75. The van der Waals surface area contributed by atoms with Gasteiger partial charge in [-0.2, -0.15) is 0 Å². The number of aliphatic carboxylic acids is 1. The van der Waals surface area contributed by atoms with E-state index in [4.69, 9.17) is 11.5 Å². The van der Waals surface area contributed by atoms with Crippen molar-refractivity contribution in [3.05, 3.63) is 15.6 Å². The van der Waals surface area contributed by atoms with Crippen molar-refractivity contribution in [2.24, 2.45) is 0 Å². The van der Waals surface area contributed by atoms with Gasteiger partial charge in [-0.3, -0.25) is 9.59 Å². The second-order valence-electron chi connectivity index (χ2n) is 3.76. The largest absolute Gasteiger partial charge is 0.480 e. The molecule has 0 saturated heterocycles. The van der Waals surface area contributed by atoms with Gasteiger partial charge in [-0.05, 0) is 13.8 Å². The second kappa shape index (κ2) is 6.17. The maximum Gasteiger partial charge on any atom is 0.323 e. The fraction of sp³-hybridized carbons (Fsp3) is 0.417. The fourth-order valence-corrected chi connectivity index (χ4v) is 2.33. The molecule has 5 nitrogen and oxygen atoms in total. The van der Waals surface area contributed by atoms with Crippen molar-refractivity contribution < 1.29 is 14.7 Å². The van der Waals surface area contributed by atoms with Crippen LogP contribution in [0, 0.1) is 26.2 Å². The number of aryl methyl sites for hydroxylation is 2. The smallest absolute Gasteiger partial charge is 0.323 e. The number of hydrogen-bond donors (Lipinski definition) is 1. The molecule has 18 heavy (non-hydrogen) atoms. The first kappa shape index (κ1) is 14.2. The van der Waals surface area contributed by atoms with Crippen LogP contribution in [-0.2, 0) is 16.0 Å². The van der Waals surface area contributed by atoms with Gasteiger partial charge in [0.15, 0.2) is 0 Å². The quantitative estimate of drug-likeness (QED) is 0.802. The van der Waals surface area contributed by atoms with Crippen molar-refractivity contribution in [3.63, 3.8) is 0 Å². The number of aromatic nitrogens is 1. The molecular weight excluding hydrogens is 252 g/mol. The Morgan fingerprint density at radius 3 is 2.61 bits per heavy atom. The molecule has 0 spiro atoms. The van der Waals surface area contributed by atoms with E-state index < -0.39 is 5.97 Å². The van der Waals surface area contributed by atoms with Crippen LogP contribution in [0.25, 0.3) is 0 Å². The van der Waals surface area contributed by atoms with Gasteiger partial charge in [0.05, 0.1) is 23.7 Å². The third kappa shape index (κ3) is 3.86. The summed E-state index contributed by atoms with van der Waals surface area (Å²) in [5.74, 6) is 0.889. The van der Waals surface area contributed by atoms with E-state index in [9.17, 15) is 9.59 Å². The first-order valence-electron chi connectivity index (χ1n) is 5.30. The van der Waals surface area contributed by atoms with Crippen molar-refractivity contribution >= 4 is 23.2 Å². The van der Waals surface area contributed by atoms with E-state index in [0.29, 0.717) is 5.69 Å². The average molecular weight is 266 g/mol. The molecular formula is C12H14N2O3S. The number of carboxylic acids is 1. The number of rotatable bonds is 5. The van der Waals surface area contributed by atoms with Crippen LogP contribution in [0.1, 0.15) is 15.6 Å². The van der Waals surface area contributed by atoms with Crippen LogP contribution in [0.4, 0.5) is 0 Å². The Hall–Kier alpha value is -1.87. The van der Waals surface area contributed by atoms with Crippen LogP contribution >= 0.6 is 11.3 Å². The summed E-state index contributed by atoms with van der Waals surface area (Å²) in [7, 11) is 0. The number of thiazole rings is 1. The molecule has 1 heterocycles. The van der Waals surface area contributed by atoms with Crippen LogP contribution in [0.15, 0.2) is 0 Å². The first-order valence-corrected chi connectivity index (χ1v) is 6.11. The molecule has 0 unspecified atom stereocenters. The Kier molecular flexibility index (Phi) is 4.86. The lowest BCUT2D eigenvalue weighted by molar-refractivity contribution is -0.143. The minimum absolute atomic E-state index is 0.00665. The summed E-state index contributed by atoms with van der Waals surface area (Å²) in [5.41, 5.74) is 0.690. The minimum Gasteiger partial charge on any atom is -0.480 e. The van der Waals surface area contributed by atoms with E-state index >= 15 is 0 Å². The highest BCUT2D eigenvalue weighted by molar-refractivity contribution is 7.11. The molecule has 0 aliphatic carbocycles. The number of nitrogens with zero attached hydrogens (tertiary/aromatic N) is 2.